The molecule has 2 aromatic carbocycles. The van der Waals surface area contributed by atoms with Crippen LogP contribution in [0, 0.1) is 0 Å². The number of primary amides is 1. The van der Waals surface area contributed by atoms with Crippen LogP contribution in [-0.2, 0) is 20.9 Å². The first-order valence-corrected chi connectivity index (χ1v) is 7.90. The summed E-state index contributed by atoms with van der Waals surface area (Å²) in [6, 6.07) is 15.3. The van der Waals surface area contributed by atoms with Crippen molar-refractivity contribution < 1.29 is 19.1 Å². The van der Waals surface area contributed by atoms with Gasteiger partial charge in [-0.15, -0.1) is 0 Å². The summed E-state index contributed by atoms with van der Waals surface area (Å²) >= 11 is 0. The van der Waals surface area contributed by atoms with Crippen molar-refractivity contribution in [2.75, 3.05) is 7.11 Å². The molecule has 0 saturated heterocycles. The number of amides is 2. The fourth-order valence-corrected chi connectivity index (χ4v) is 2.28. The number of benzene rings is 2. The highest BCUT2D eigenvalue weighted by molar-refractivity contribution is 5.89. The van der Waals surface area contributed by atoms with E-state index in [1.807, 2.05) is 30.3 Å². The maximum atomic E-state index is 12.3. The zero-order valence-corrected chi connectivity index (χ0v) is 14.3. The molecule has 2 atom stereocenters. The van der Waals surface area contributed by atoms with Gasteiger partial charge < -0.3 is 20.5 Å². The first-order chi connectivity index (χ1) is 12.0. The van der Waals surface area contributed by atoms with Crippen LogP contribution in [0.25, 0.3) is 0 Å². The van der Waals surface area contributed by atoms with Gasteiger partial charge in [0.1, 0.15) is 17.9 Å². The van der Waals surface area contributed by atoms with E-state index in [-0.39, 0.29) is 6.61 Å². The molecule has 0 aliphatic heterocycles. The van der Waals surface area contributed by atoms with E-state index in [2.05, 4.69) is 5.32 Å². The molecule has 0 fully saturated rings. The van der Waals surface area contributed by atoms with E-state index in [1.54, 1.807) is 38.3 Å². The summed E-state index contributed by atoms with van der Waals surface area (Å²) in [6.07, 6.45) is -0.739. The predicted octanol–water partition coefficient (Wildman–Crippen LogP) is 1.94. The van der Waals surface area contributed by atoms with Crippen molar-refractivity contribution >= 4 is 11.8 Å². The maximum absolute atomic E-state index is 12.3. The molecule has 2 aromatic rings. The number of carbonyl (C=O) groups excluding carboxylic acids is 2. The molecule has 0 aliphatic carbocycles. The fraction of sp³-hybridized carbons (Fsp3) is 0.263. The van der Waals surface area contributed by atoms with Crippen molar-refractivity contribution in [3.63, 3.8) is 0 Å². The second kappa shape index (κ2) is 8.84. The third kappa shape index (κ3) is 5.32. The lowest BCUT2D eigenvalue weighted by Gasteiger charge is -2.19. The lowest BCUT2D eigenvalue weighted by atomic mass is 10.1. The Morgan fingerprint density at radius 3 is 2.48 bits per heavy atom. The SMILES string of the molecule is COc1cccc(COC(C)C(=O)NC(C(N)=O)c2ccccc2)c1. The zero-order valence-electron chi connectivity index (χ0n) is 14.3. The van der Waals surface area contributed by atoms with E-state index in [4.69, 9.17) is 15.2 Å². The van der Waals surface area contributed by atoms with Crippen molar-refractivity contribution in [3.05, 3.63) is 65.7 Å². The van der Waals surface area contributed by atoms with Crippen LogP contribution in [0.3, 0.4) is 0 Å². The van der Waals surface area contributed by atoms with Gasteiger partial charge in [-0.1, -0.05) is 42.5 Å². The predicted molar refractivity (Wildman–Crippen MR) is 93.8 cm³/mol. The molecule has 0 bridgehead atoms. The molecule has 2 amide bonds. The van der Waals surface area contributed by atoms with Crippen molar-refractivity contribution in [3.8, 4) is 5.75 Å². The highest BCUT2D eigenvalue weighted by Gasteiger charge is 2.23. The van der Waals surface area contributed by atoms with Gasteiger partial charge in [-0.3, -0.25) is 9.59 Å². The monoisotopic (exact) mass is 342 g/mol. The van der Waals surface area contributed by atoms with Gasteiger partial charge in [0, 0.05) is 0 Å². The first kappa shape index (κ1) is 18.5. The molecule has 25 heavy (non-hydrogen) atoms. The topological polar surface area (TPSA) is 90.7 Å². The molecule has 0 heterocycles. The zero-order chi connectivity index (χ0) is 18.2. The summed E-state index contributed by atoms with van der Waals surface area (Å²) in [6.45, 7) is 1.87. The van der Waals surface area contributed by atoms with E-state index in [0.717, 1.165) is 11.3 Å². The molecular formula is C19H22N2O4. The quantitative estimate of drug-likeness (QED) is 0.767. The minimum Gasteiger partial charge on any atom is -0.497 e. The minimum atomic E-state index is -0.892. The average Bonchev–Trinajstić information content (AvgIpc) is 2.64. The summed E-state index contributed by atoms with van der Waals surface area (Å²) in [7, 11) is 1.59. The Hall–Kier alpha value is -2.86. The Morgan fingerprint density at radius 1 is 1.12 bits per heavy atom. The van der Waals surface area contributed by atoms with Crippen molar-refractivity contribution in [2.45, 2.75) is 25.7 Å². The summed E-state index contributed by atoms with van der Waals surface area (Å²) in [5, 5.41) is 2.63. The van der Waals surface area contributed by atoms with Gasteiger partial charge in [0.25, 0.3) is 0 Å². The van der Waals surface area contributed by atoms with Crippen LogP contribution >= 0.6 is 0 Å². The molecule has 0 saturated carbocycles. The van der Waals surface area contributed by atoms with Gasteiger partial charge in [-0.2, -0.15) is 0 Å². The first-order valence-electron chi connectivity index (χ1n) is 7.90. The van der Waals surface area contributed by atoms with Crippen LogP contribution in [0.5, 0.6) is 5.75 Å². The molecule has 2 rings (SSSR count). The Morgan fingerprint density at radius 2 is 1.84 bits per heavy atom. The standard InChI is InChI=1S/C19H22N2O4/c1-13(25-12-14-7-6-10-16(11-14)24-2)19(23)21-17(18(20)22)15-8-4-3-5-9-15/h3-11,13,17H,12H2,1-2H3,(H2,20,22)(H,21,23). The number of nitrogens with one attached hydrogen (secondary N) is 1. The molecule has 3 N–H and O–H groups in total. The van der Waals surface area contributed by atoms with E-state index < -0.39 is 24.0 Å². The summed E-state index contributed by atoms with van der Waals surface area (Å²) in [5.74, 6) is -0.314. The van der Waals surface area contributed by atoms with Gasteiger partial charge in [-0.05, 0) is 30.2 Å². The number of hydrogen-bond donors (Lipinski definition) is 2. The van der Waals surface area contributed by atoms with Gasteiger partial charge in [-0.25, -0.2) is 0 Å². The highest BCUT2D eigenvalue weighted by Crippen LogP contribution is 2.15. The Labute approximate surface area is 146 Å². The number of rotatable bonds is 8. The molecule has 0 aromatic heterocycles. The van der Waals surface area contributed by atoms with E-state index in [0.29, 0.717) is 5.56 Å². The molecule has 6 nitrogen and oxygen atoms in total. The second-order valence-corrected chi connectivity index (χ2v) is 5.56. The highest BCUT2D eigenvalue weighted by atomic mass is 16.5. The van der Waals surface area contributed by atoms with Crippen LogP contribution in [0.4, 0.5) is 0 Å². The molecule has 2 unspecified atom stereocenters. The lowest BCUT2D eigenvalue weighted by molar-refractivity contribution is -0.135. The van der Waals surface area contributed by atoms with Crippen LogP contribution in [0.15, 0.2) is 54.6 Å². The second-order valence-electron chi connectivity index (χ2n) is 5.56. The Balaban J connectivity index is 1.95. The molecule has 6 heteroatoms. The van der Waals surface area contributed by atoms with Crippen LogP contribution < -0.4 is 15.8 Å². The van der Waals surface area contributed by atoms with Gasteiger partial charge in [0.2, 0.25) is 11.8 Å². The molecular weight excluding hydrogens is 320 g/mol. The normalized spacial score (nSPS) is 12.9. The maximum Gasteiger partial charge on any atom is 0.249 e. The number of nitrogens with two attached hydrogens (primary N) is 1. The van der Waals surface area contributed by atoms with Crippen LogP contribution in [0.2, 0.25) is 0 Å². The largest absolute Gasteiger partial charge is 0.497 e. The van der Waals surface area contributed by atoms with Crippen LogP contribution in [0.1, 0.15) is 24.1 Å². The van der Waals surface area contributed by atoms with Crippen molar-refractivity contribution in [1.29, 1.82) is 0 Å². The van der Waals surface area contributed by atoms with Crippen molar-refractivity contribution in [1.82, 2.24) is 5.32 Å². The minimum absolute atomic E-state index is 0.248. The summed E-state index contributed by atoms with van der Waals surface area (Å²) in [4.78, 5) is 24.0. The van der Waals surface area contributed by atoms with Gasteiger partial charge in [0.05, 0.1) is 13.7 Å². The number of carbonyl (C=O) groups is 2. The van der Waals surface area contributed by atoms with E-state index >= 15 is 0 Å². The average molecular weight is 342 g/mol. The number of methoxy groups -OCH3 is 1. The van der Waals surface area contributed by atoms with Crippen LogP contribution in [-0.4, -0.2) is 25.0 Å². The van der Waals surface area contributed by atoms with E-state index in [9.17, 15) is 9.59 Å². The molecule has 0 aliphatic rings. The third-order valence-electron chi connectivity index (χ3n) is 3.71. The smallest absolute Gasteiger partial charge is 0.249 e. The molecule has 0 spiro atoms. The third-order valence-corrected chi connectivity index (χ3v) is 3.71. The lowest BCUT2D eigenvalue weighted by Crippen LogP contribution is -2.42. The summed E-state index contributed by atoms with van der Waals surface area (Å²) < 4.78 is 10.7. The Kier molecular flexibility index (Phi) is 6.54. The van der Waals surface area contributed by atoms with Gasteiger partial charge >= 0.3 is 0 Å². The van der Waals surface area contributed by atoms with Gasteiger partial charge in [0.15, 0.2) is 0 Å². The molecule has 132 valence electrons. The Bertz CT molecular complexity index is 718. The molecule has 0 radical (unpaired) electrons. The summed E-state index contributed by atoms with van der Waals surface area (Å²) in [5.41, 5.74) is 6.92. The fourth-order valence-electron chi connectivity index (χ4n) is 2.28. The van der Waals surface area contributed by atoms with E-state index in [1.165, 1.54) is 0 Å². The van der Waals surface area contributed by atoms with Crippen molar-refractivity contribution in [2.24, 2.45) is 5.73 Å². The number of hydrogen-bond acceptors (Lipinski definition) is 4. The number of ether oxygens (including phenoxy) is 2.